The molecule has 0 aromatic rings. The van der Waals surface area contributed by atoms with E-state index in [0.29, 0.717) is 12.1 Å². The first-order valence-electron chi connectivity index (χ1n) is 2.95. The summed E-state index contributed by atoms with van der Waals surface area (Å²) in [6, 6.07) is 0. The molecule has 0 bridgehead atoms. The molecule has 3 N–H and O–H groups in total. The van der Waals surface area contributed by atoms with Gasteiger partial charge in [-0.3, -0.25) is 9.59 Å². The third-order valence-electron chi connectivity index (χ3n) is 1.20. The number of carbonyl (C=O) groups is 2. The zero-order valence-electron chi connectivity index (χ0n) is 5.39. The first kappa shape index (κ1) is 6.80. The number of rotatable bonds is 2. The molecule has 0 aliphatic carbocycles. The molecule has 0 spiro atoms. The summed E-state index contributed by atoms with van der Waals surface area (Å²) in [4.78, 5) is 20.8. The molecule has 1 aliphatic rings. The molecule has 0 radical (unpaired) electrons. The second-order valence-corrected chi connectivity index (χ2v) is 2.12. The Kier molecular flexibility index (Phi) is 1.71. The quantitative estimate of drug-likeness (QED) is 0.530. The molecular weight excluding hydrogens is 132 g/mol. The lowest BCUT2D eigenvalue weighted by Crippen LogP contribution is -2.20. The number of nitrogens with two attached hydrogens (primary N) is 1. The van der Waals surface area contributed by atoms with Gasteiger partial charge in [0.2, 0.25) is 11.8 Å². The van der Waals surface area contributed by atoms with E-state index in [0.717, 1.165) is 0 Å². The maximum absolute atomic E-state index is 10.5. The van der Waals surface area contributed by atoms with Crippen LogP contribution in [0.2, 0.25) is 0 Å². The Morgan fingerprint density at radius 1 is 1.80 bits per heavy atom. The van der Waals surface area contributed by atoms with Crippen LogP contribution in [0.3, 0.4) is 0 Å². The topological polar surface area (TPSA) is 72.2 Å². The van der Waals surface area contributed by atoms with E-state index in [4.69, 9.17) is 5.73 Å². The smallest absolute Gasteiger partial charge is 0.228 e. The Labute approximate surface area is 58.1 Å². The predicted molar refractivity (Wildman–Crippen MR) is 34.7 cm³/mol. The molecule has 0 aromatic heterocycles. The van der Waals surface area contributed by atoms with Crippen LogP contribution in [-0.2, 0) is 9.59 Å². The summed E-state index contributed by atoms with van der Waals surface area (Å²) in [5.74, 6) is -0.496. The van der Waals surface area contributed by atoms with Crippen LogP contribution in [0.1, 0.15) is 12.8 Å². The summed E-state index contributed by atoms with van der Waals surface area (Å²) in [7, 11) is 0. The fourth-order valence-electron chi connectivity index (χ4n) is 0.801. The molecule has 10 heavy (non-hydrogen) atoms. The minimum atomic E-state index is -0.423. The lowest BCUT2D eigenvalue weighted by atomic mass is 10.3. The maximum atomic E-state index is 10.5. The predicted octanol–water partition coefficient (Wildman–Crippen LogP) is -0.734. The molecule has 54 valence electrons. The molecule has 0 fully saturated rings. The van der Waals surface area contributed by atoms with Gasteiger partial charge in [0.05, 0.1) is 6.42 Å². The Morgan fingerprint density at radius 2 is 2.50 bits per heavy atom. The third-order valence-corrected chi connectivity index (χ3v) is 1.20. The molecule has 0 unspecified atom stereocenters. The fourth-order valence-corrected chi connectivity index (χ4v) is 0.801. The van der Waals surface area contributed by atoms with E-state index in [-0.39, 0.29) is 12.3 Å². The van der Waals surface area contributed by atoms with E-state index in [2.05, 4.69) is 5.32 Å². The molecule has 4 nitrogen and oxygen atoms in total. The Bertz CT molecular complexity index is 208. The second-order valence-electron chi connectivity index (χ2n) is 2.12. The van der Waals surface area contributed by atoms with Gasteiger partial charge in [0, 0.05) is 12.1 Å². The van der Waals surface area contributed by atoms with Gasteiger partial charge in [-0.25, -0.2) is 0 Å². The van der Waals surface area contributed by atoms with Crippen molar-refractivity contribution in [3.63, 3.8) is 0 Å². The zero-order chi connectivity index (χ0) is 7.56. The zero-order valence-corrected chi connectivity index (χ0v) is 5.39. The van der Waals surface area contributed by atoms with Gasteiger partial charge in [-0.1, -0.05) is 6.08 Å². The molecule has 4 heteroatoms. The van der Waals surface area contributed by atoms with Crippen molar-refractivity contribution in [3.8, 4) is 0 Å². The number of hydrogen-bond acceptors (Lipinski definition) is 2. The number of amides is 2. The highest BCUT2D eigenvalue weighted by molar-refractivity contribution is 5.85. The molecule has 1 aliphatic heterocycles. The number of nitrogens with one attached hydrogen (secondary N) is 1. The van der Waals surface area contributed by atoms with Crippen LogP contribution in [0.5, 0.6) is 0 Å². The van der Waals surface area contributed by atoms with Crippen LogP contribution in [0, 0.1) is 0 Å². The summed E-state index contributed by atoms with van der Waals surface area (Å²) < 4.78 is 0. The maximum Gasteiger partial charge on any atom is 0.228 e. The van der Waals surface area contributed by atoms with Crippen LogP contribution in [0.25, 0.3) is 0 Å². The minimum Gasteiger partial charge on any atom is -0.369 e. The van der Waals surface area contributed by atoms with Gasteiger partial charge in [-0.2, -0.15) is 0 Å². The fraction of sp³-hybridized carbons (Fsp3) is 0.333. The van der Waals surface area contributed by atoms with Gasteiger partial charge in [-0.05, 0) is 0 Å². The van der Waals surface area contributed by atoms with E-state index in [1.807, 2.05) is 0 Å². The summed E-state index contributed by atoms with van der Waals surface area (Å²) in [5.41, 5.74) is 5.51. The molecule has 0 aromatic carbocycles. The van der Waals surface area contributed by atoms with Gasteiger partial charge in [-0.15, -0.1) is 0 Å². The second kappa shape index (κ2) is 2.51. The van der Waals surface area contributed by atoms with Crippen LogP contribution < -0.4 is 11.1 Å². The normalized spacial score (nSPS) is 16.4. The summed E-state index contributed by atoms with van der Waals surface area (Å²) in [5, 5.41) is 2.51. The van der Waals surface area contributed by atoms with Crippen molar-refractivity contribution in [2.24, 2.45) is 5.73 Å². The lowest BCUT2D eigenvalue weighted by Gasteiger charge is -1.96. The molecule has 0 saturated heterocycles. The monoisotopic (exact) mass is 140 g/mol. The van der Waals surface area contributed by atoms with E-state index in [1.54, 1.807) is 6.08 Å². The number of hydrogen-bond donors (Lipinski definition) is 2. The van der Waals surface area contributed by atoms with Gasteiger partial charge in [0.1, 0.15) is 0 Å². The van der Waals surface area contributed by atoms with Crippen molar-refractivity contribution in [2.45, 2.75) is 12.8 Å². The van der Waals surface area contributed by atoms with Crippen molar-refractivity contribution in [1.82, 2.24) is 5.32 Å². The van der Waals surface area contributed by atoms with Crippen LogP contribution in [0.15, 0.2) is 11.8 Å². The summed E-state index contributed by atoms with van der Waals surface area (Å²) in [6.45, 7) is 0. The SMILES string of the molecule is NC(=O)CC1=CCC(=O)N1. The lowest BCUT2D eigenvalue weighted by molar-refractivity contribution is -0.118. The van der Waals surface area contributed by atoms with Gasteiger partial charge in [0.15, 0.2) is 0 Å². The van der Waals surface area contributed by atoms with Crippen LogP contribution in [0.4, 0.5) is 0 Å². The number of primary amides is 1. The highest BCUT2D eigenvalue weighted by Gasteiger charge is 2.12. The first-order valence-corrected chi connectivity index (χ1v) is 2.95. The van der Waals surface area contributed by atoms with Crippen molar-refractivity contribution in [1.29, 1.82) is 0 Å². The Morgan fingerprint density at radius 3 is 2.90 bits per heavy atom. The van der Waals surface area contributed by atoms with Gasteiger partial charge < -0.3 is 11.1 Å². The summed E-state index contributed by atoms with van der Waals surface area (Å²) >= 11 is 0. The van der Waals surface area contributed by atoms with Gasteiger partial charge >= 0.3 is 0 Å². The van der Waals surface area contributed by atoms with E-state index < -0.39 is 5.91 Å². The average Bonchev–Trinajstić information content (AvgIpc) is 2.13. The third kappa shape index (κ3) is 1.58. The van der Waals surface area contributed by atoms with Crippen molar-refractivity contribution in [3.05, 3.63) is 11.8 Å². The van der Waals surface area contributed by atoms with Crippen molar-refractivity contribution >= 4 is 11.8 Å². The number of carbonyl (C=O) groups excluding carboxylic acids is 2. The van der Waals surface area contributed by atoms with Crippen molar-refractivity contribution < 1.29 is 9.59 Å². The molecule has 0 saturated carbocycles. The van der Waals surface area contributed by atoms with Crippen LogP contribution >= 0.6 is 0 Å². The highest BCUT2D eigenvalue weighted by Crippen LogP contribution is 2.05. The first-order chi connectivity index (χ1) is 4.68. The highest BCUT2D eigenvalue weighted by atomic mass is 16.2. The Balaban J connectivity index is 2.44. The minimum absolute atomic E-state index is 0.0729. The average molecular weight is 140 g/mol. The van der Waals surface area contributed by atoms with E-state index in [9.17, 15) is 9.59 Å². The largest absolute Gasteiger partial charge is 0.369 e. The van der Waals surface area contributed by atoms with E-state index in [1.165, 1.54) is 0 Å². The van der Waals surface area contributed by atoms with Gasteiger partial charge in [0.25, 0.3) is 0 Å². The standard InChI is InChI=1S/C6H8N2O2/c7-5(9)3-4-1-2-6(10)8-4/h1H,2-3H2,(H2,7,9)(H,8,10). The molecule has 2 amide bonds. The molecule has 1 rings (SSSR count). The molecule has 1 heterocycles. The molecule has 0 atom stereocenters. The molecular formula is C6H8N2O2. The van der Waals surface area contributed by atoms with Crippen molar-refractivity contribution in [2.75, 3.05) is 0 Å². The van der Waals surface area contributed by atoms with E-state index >= 15 is 0 Å². The Hall–Kier alpha value is -1.32. The summed E-state index contributed by atoms with van der Waals surface area (Å²) in [6.07, 6.45) is 2.17. The van der Waals surface area contributed by atoms with Crippen LogP contribution in [-0.4, -0.2) is 11.8 Å².